The molecular weight excluding hydrogens is 256 g/mol. The first-order valence-electron chi connectivity index (χ1n) is 7.33. The third-order valence-corrected chi connectivity index (χ3v) is 4.01. The number of methoxy groups -OCH3 is 1. The smallest absolute Gasteiger partial charge is 0.219 e. The zero-order chi connectivity index (χ0) is 13.9. The highest BCUT2D eigenvalue weighted by atomic mass is 16.5. The highest BCUT2D eigenvalue weighted by Crippen LogP contribution is 2.39. The van der Waals surface area contributed by atoms with Gasteiger partial charge in [-0.2, -0.15) is 4.98 Å². The number of hydrogen-bond donors (Lipinski definition) is 2. The van der Waals surface area contributed by atoms with E-state index in [0.717, 1.165) is 44.3 Å². The summed E-state index contributed by atoms with van der Waals surface area (Å²) in [5.74, 6) is 8.03. The Bertz CT molecular complexity index is 464. The van der Waals surface area contributed by atoms with Gasteiger partial charge < -0.3 is 14.9 Å². The number of nitrogens with two attached hydrogens (primary N) is 1. The molecule has 3 rings (SSSR count). The molecule has 2 fully saturated rings. The van der Waals surface area contributed by atoms with E-state index in [1.165, 1.54) is 0 Å². The number of aromatic nitrogens is 2. The van der Waals surface area contributed by atoms with Gasteiger partial charge in [0, 0.05) is 25.5 Å². The highest BCUT2D eigenvalue weighted by molar-refractivity contribution is 5.38. The van der Waals surface area contributed by atoms with E-state index < -0.39 is 0 Å². The maximum Gasteiger partial charge on any atom is 0.219 e. The minimum Gasteiger partial charge on any atom is -0.474 e. The van der Waals surface area contributed by atoms with Crippen LogP contribution < -0.4 is 16.0 Å². The van der Waals surface area contributed by atoms with Crippen LogP contribution in [0.3, 0.4) is 0 Å². The number of rotatable bonds is 5. The first-order chi connectivity index (χ1) is 9.78. The Kier molecular flexibility index (Phi) is 4.03. The van der Waals surface area contributed by atoms with E-state index in [1.807, 2.05) is 0 Å². The average Bonchev–Trinajstić information content (AvgIpc) is 3.31. The van der Waals surface area contributed by atoms with Gasteiger partial charge in [0.05, 0.1) is 6.10 Å². The molecule has 1 aromatic rings. The molecule has 0 aliphatic heterocycles. The van der Waals surface area contributed by atoms with Gasteiger partial charge in [0.1, 0.15) is 17.7 Å². The molecule has 2 aliphatic carbocycles. The van der Waals surface area contributed by atoms with Crippen LogP contribution in [0, 0.1) is 0 Å². The molecule has 0 amide bonds. The van der Waals surface area contributed by atoms with Crippen molar-refractivity contribution in [3.05, 3.63) is 11.9 Å². The van der Waals surface area contributed by atoms with Crippen molar-refractivity contribution in [1.29, 1.82) is 0 Å². The second kappa shape index (κ2) is 5.93. The number of hydrogen-bond acceptors (Lipinski definition) is 6. The van der Waals surface area contributed by atoms with Crippen molar-refractivity contribution >= 4 is 5.82 Å². The van der Waals surface area contributed by atoms with Crippen LogP contribution in [0.2, 0.25) is 0 Å². The zero-order valence-corrected chi connectivity index (χ0v) is 11.8. The lowest BCUT2D eigenvalue weighted by Gasteiger charge is -2.28. The number of ether oxygens (including phenoxy) is 2. The summed E-state index contributed by atoms with van der Waals surface area (Å²) >= 11 is 0. The second-order valence-electron chi connectivity index (χ2n) is 5.63. The van der Waals surface area contributed by atoms with E-state index in [-0.39, 0.29) is 6.10 Å². The predicted octanol–water partition coefficient (Wildman–Crippen LogP) is 1.98. The number of hydrazine groups is 1. The van der Waals surface area contributed by atoms with Gasteiger partial charge in [0.2, 0.25) is 5.88 Å². The molecule has 0 aromatic carbocycles. The fourth-order valence-electron chi connectivity index (χ4n) is 2.70. The zero-order valence-electron chi connectivity index (χ0n) is 11.8. The van der Waals surface area contributed by atoms with Gasteiger partial charge in [-0.25, -0.2) is 10.8 Å². The summed E-state index contributed by atoms with van der Waals surface area (Å²) in [6.07, 6.45) is 6.99. The van der Waals surface area contributed by atoms with Gasteiger partial charge in [0.25, 0.3) is 0 Å². The Morgan fingerprint density at radius 3 is 2.70 bits per heavy atom. The second-order valence-corrected chi connectivity index (χ2v) is 5.63. The Morgan fingerprint density at radius 1 is 1.20 bits per heavy atom. The fraction of sp³-hybridized carbons (Fsp3) is 0.714. The third kappa shape index (κ3) is 3.19. The van der Waals surface area contributed by atoms with Crippen LogP contribution in [-0.4, -0.2) is 29.3 Å². The molecule has 6 heteroatoms. The Labute approximate surface area is 119 Å². The van der Waals surface area contributed by atoms with Crippen LogP contribution in [0.1, 0.15) is 50.3 Å². The predicted molar refractivity (Wildman–Crippen MR) is 75.5 cm³/mol. The largest absolute Gasteiger partial charge is 0.474 e. The number of nitrogens with zero attached hydrogens (tertiary/aromatic N) is 2. The van der Waals surface area contributed by atoms with Crippen molar-refractivity contribution < 1.29 is 9.47 Å². The number of nitrogens with one attached hydrogen (secondary N) is 1. The van der Waals surface area contributed by atoms with E-state index >= 15 is 0 Å². The van der Waals surface area contributed by atoms with Gasteiger partial charge in [0.15, 0.2) is 0 Å². The van der Waals surface area contributed by atoms with E-state index in [4.69, 9.17) is 15.3 Å². The Balaban J connectivity index is 1.71. The molecule has 2 aliphatic rings. The number of nitrogen functional groups attached to an aromatic ring is 1. The van der Waals surface area contributed by atoms with Crippen molar-refractivity contribution in [1.82, 2.24) is 9.97 Å². The molecule has 6 nitrogen and oxygen atoms in total. The SMILES string of the molecule is COC1CCCC(Oc2cc(NN)nc(C3CC3)n2)C1. The molecule has 2 saturated carbocycles. The molecule has 110 valence electrons. The summed E-state index contributed by atoms with van der Waals surface area (Å²) in [6, 6.07) is 1.77. The maximum absolute atomic E-state index is 6.02. The fourth-order valence-corrected chi connectivity index (χ4v) is 2.70. The standard InChI is InChI=1S/C14H22N4O2/c1-19-10-3-2-4-11(7-10)20-13-8-12(18-15)16-14(17-13)9-5-6-9/h8-11H,2-7,15H2,1H3,(H,16,17,18). The van der Waals surface area contributed by atoms with Crippen LogP contribution in [0.25, 0.3) is 0 Å². The van der Waals surface area contributed by atoms with Crippen LogP contribution in [-0.2, 0) is 4.74 Å². The molecule has 20 heavy (non-hydrogen) atoms. The van der Waals surface area contributed by atoms with Gasteiger partial charge in [-0.15, -0.1) is 0 Å². The normalized spacial score (nSPS) is 26.3. The van der Waals surface area contributed by atoms with Crippen LogP contribution >= 0.6 is 0 Å². The van der Waals surface area contributed by atoms with Gasteiger partial charge in [-0.1, -0.05) is 0 Å². The van der Waals surface area contributed by atoms with Crippen molar-refractivity contribution in [3.8, 4) is 5.88 Å². The Hall–Kier alpha value is -1.40. The van der Waals surface area contributed by atoms with Crippen molar-refractivity contribution in [2.24, 2.45) is 5.84 Å². The summed E-state index contributed by atoms with van der Waals surface area (Å²) < 4.78 is 11.5. The molecule has 1 aromatic heterocycles. The quantitative estimate of drug-likeness (QED) is 0.633. The van der Waals surface area contributed by atoms with Gasteiger partial charge >= 0.3 is 0 Å². The first kappa shape index (κ1) is 13.6. The molecular formula is C14H22N4O2. The molecule has 2 unspecified atom stereocenters. The summed E-state index contributed by atoms with van der Waals surface area (Å²) in [7, 11) is 1.76. The van der Waals surface area contributed by atoms with Crippen LogP contribution in [0.15, 0.2) is 6.07 Å². The molecule has 0 radical (unpaired) electrons. The lowest BCUT2D eigenvalue weighted by molar-refractivity contribution is 0.0194. The van der Waals surface area contributed by atoms with Gasteiger partial charge in [-0.05, 0) is 32.1 Å². The first-order valence-corrected chi connectivity index (χ1v) is 7.33. The van der Waals surface area contributed by atoms with E-state index in [0.29, 0.717) is 23.7 Å². The Morgan fingerprint density at radius 2 is 2.00 bits per heavy atom. The lowest BCUT2D eigenvalue weighted by Crippen LogP contribution is -2.29. The topological polar surface area (TPSA) is 82.3 Å². The van der Waals surface area contributed by atoms with E-state index in [1.54, 1.807) is 13.2 Å². The summed E-state index contributed by atoms with van der Waals surface area (Å²) in [5.41, 5.74) is 2.59. The lowest BCUT2D eigenvalue weighted by atomic mass is 9.95. The van der Waals surface area contributed by atoms with Crippen molar-refractivity contribution in [2.75, 3.05) is 12.5 Å². The molecule has 0 spiro atoms. The van der Waals surface area contributed by atoms with Crippen LogP contribution in [0.5, 0.6) is 5.88 Å². The average molecular weight is 278 g/mol. The van der Waals surface area contributed by atoms with Crippen molar-refractivity contribution in [2.45, 2.75) is 56.7 Å². The summed E-state index contributed by atoms with van der Waals surface area (Å²) in [5, 5.41) is 0. The minimum absolute atomic E-state index is 0.168. The van der Waals surface area contributed by atoms with Gasteiger partial charge in [-0.3, -0.25) is 0 Å². The summed E-state index contributed by atoms with van der Waals surface area (Å²) in [6.45, 7) is 0. The van der Waals surface area contributed by atoms with Crippen molar-refractivity contribution in [3.63, 3.8) is 0 Å². The molecule has 1 heterocycles. The van der Waals surface area contributed by atoms with Crippen LogP contribution in [0.4, 0.5) is 5.82 Å². The summed E-state index contributed by atoms with van der Waals surface area (Å²) in [4.78, 5) is 8.90. The number of anilines is 1. The van der Waals surface area contributed by atoms with E-state index in [9.17, 15) is 0 Å². The highest BCUT2D eigenvalue weighted by Gasteiger charge is 2.28. The minimum atomic E-state index is 0.168. The maximum atomic E-state index is 6.02. The molecule has 3 N–H and O–H groups in total. The van der Waals surface area contributed by atoms with E-state index in [2.05, 4.69) is 15.4 Å². The third-order valence-electron chi connectivity index (χ3n) is 4.01. The molecule has 0 saturated heterocycles. The molecule has 2 atom stereocenters. The monoisotopic (exact) mass is 278 g/mol. The molecule has 0 bridgehead atoms.